The predicted octanol–water partition coefficient (Wildman–Crippen LogP) is 2.03. The van der Waals surface area contributed by atoms with E-state index in [1.165, 1.54) is 0 Å². The van der Waals surface area contributed by atoms with E-state index in [1.807, 2.05) is 13.0 Å². The second-order valence-corrected chi connectivity index (χ2v) is 2.78. The van der Waals surface area contributed by atoms with Crippen LogP contribution in [0.5, 0.6) is 0 Å². The molecule has 2 nitrogen and oxygen atoms in total. The molecule has 0 bridgehead atoms. The molecule has 0 aliphatic carbocycles. The summed E-state index contributed by atoms with van der Waals surface area (Å²) in [6, 6.07) is 0.291. The maximum absolute atomic E-state index is 10.0. The van der Waals surface area contributed by atoms with Crippen LogP contribution in [0.2, 0.25) is 0 Å². The van der Waals surface area contributed by atoms with Gasteiger partial charge in [0.25, 0.3) is 0 Å². The standard InChI is InChI=1S/C10H17NO/c1-3-4-5-6-7-8-10(2)11-9-12/h3-5,9-10H,1,6-8H2,2H3,(H,11,12)/b5-4-. The summed E-state index contributed by atoms with van der Waals surface area (Å²) in [6.07, 6.45) is 9.74. The highest BCUT2D eigenvalue weighted by atomic mass is 16.1. The zero-order valence-corrected chi connectivity index (χ0v) is 7.62. The monoisotopic (exact) mass is 167 g/mol. The van der Waals surface area contributed by atoms with Gasteiger partial charge >= 0.3 is 0 Å². The van der Waals surface area contributed by atoms with Crippen LogP contribution in [0.4, 0.5) is 0 Å². The van der Waals surface area contributed by atoms with Gasteiger partial charge in [0.2, 0.25) is 6.41 Å². The number of unbranched alkanes of at least 4 members (excludes halogenated alkanes) is 1. The summed E-state index contributed by atoms with van der Waals surface area (Å²) in [7, 11) is 0. The molecule has 0 radical (unpaired) electrons. The minimum absolute atomic E-state index is 0.291. The van der Waals surface area contributed by atoms with Gasteiger partial charge in [0, 0.05) is 6.04 Å². The van der Waals surface area contributed by atoms with Gasteiger partial charge in [-0.05, 0) is 26.2 Å². The SMILES string of the molecule is C=C/C=C\CCCC(C)NC=O. The van der Waals surface area contributed by atoms with E-state index in [0.29, 0.717) is 6.04 Å². The first kappa shape index (κ1) is 11.0. The van der Waals surface area contributed by atoms with Crippen molar-refractivity contribution in [2.45, 2.75) is 32.2 Å². The lowest BCUT2D eigenvalue weighted by Crippen LogP contribution is -2.23. The van der Waals surface area contributed by atoms with Crippen molar-refractivity contribution in [3.05, 3.63) is 24.8 Å². The summed E-state index contributed by atoms with van der Waals surface area (Å²) in [4.78, 5) is 10.0. The molecular weight excluding hydrogens is 150 g/mol. The van der Waals surface area contributed by atoms with Crippen LogP contribution in [0.1, 0.15) is 26.2 Å². The van der Waals surface area contributed by atoms with Crippen molar-refractivity contribution in [1.29, 1.82) is 0 Å². The third-order valence-electron chi connectivity index (χ3n) is 1.63. The van der Waals surface area contributed by atoms with Crippen molar-refractivity contribution >= 4 is 6.41 Å². The predicted molar refractivity (Wildman–Crippen MR) is 51.8 cm³/mol. The minimum Gasteiger partial charge on any atom is -0.356 e. The first-order chi connectivity index (χ1) is 5.81. The Kier molecular flexibility index (Phi) is 7.35. The normalized spacial score (nSPS) is 12.8. The minimum atomic E-state index is 0.291. The molecule has 0 heterocycles. The van der Waals surface area contributed by atoms with E-state index in [2.05, 4.69) is 18.0 Å². The van der Waals surface area contributed by atoms with Gasteiger partial charge in [-0.2, -0.15) is 0 Å². The molecule has 0 fully saturated rings. The molecule has 0 aliphatic rings. The maximum atomic E-state index is 10.0. The highest BCUT2D eigenvalue weighted by molar-refractivity contribution is 5.46. The summed E-state index contributed by atoms with van der Waals surface area (Å²) >= 11 is 0. The average molecular weight is 167 g/mol. The highest BCUT2D eigenvalue weighted by Crippen LogP contribution is 2.00. The van der Waals surface area contributed by atoms with Crippen molar-refractivity contribution in [3.63, 3.8) is 0 Å². The Morgan fingerprint density at radius 1 is 1.58 bits per heavy atom. The molecule has 0 saturated heterocycles. The van der Waals surface area contributed by atoms with E-state index in [-0.39, 0.29) is 0 Å². The van der Waals surface area contributed by atoms with E-state index in [4.69, 9.17) is 0 Å². The molecule has 1 amide bonds. The highest BCUT2D eigenvalue weighted by Gasteiger charge is 1.96. The molecule has 0 spiro atoms. The number of hydrogen-bond donors (Lipinski definition) is 1. The van der Waals surface area contributed by atoms with Gasteiger partial charge in [-0.3, -0.25) is 4.79 Å². The Bertz CT molecular complexity index is 152. The smallest absolute Gasteiger partial charge is 0.207 e. The van der Waals surface area contributed by atoms with Gasteiger partial charge in [-0.15, -0.1) is 0 Å². The second kappa shape index (κ2) is 8.05. The molecule has 1 unspecified atom stereocenters. The average Bonchev–Trinajstić information content (AvgIpc) is 2.05. The molecule has 12 heavy (non-hydrogen) atoms. The Morgan fingerprint density at radius 2 is 2.33 bits per heavy atom. The molecule has 0 saturated carbocycles. The van der Waals surface area contributed by atoms with Gasteiger partial charge in [-0.1, -0.05) is 24.8 Å². The Balaban J connectivity index is 3.23. The fourth-order valence-corrected chi connectivity index (χ4v) is 0.934. The fourth-order valence-electron chi connectivity index (χ4n) is 0.934. The Hall–Kier alpha value is -1.05. The number of allylic oxidation sites excluding steroid dienone is 3. The number of amides is 1. The summed E-state index contributed by atoms with van der Waals surface area (Å²) in [6.45, 7) is 5.58. The molecule has 0 rings (SSSR count). The van der Waals surface area contributed by atoms with Crippen LogP contribution in [-0.2, 0) is 4.79 Å². The van der Waals surface area contributed by atoms with Gasteiger partial charge in [-0.25, -0.2) is 0 Å². The quantitative estimate of drug-likeness (QED) is 0.351. The summed E-state index contributed by atoms with van der Waals surface area (Å²) in [5.41, 5.74) is 0. The third-order valence-corrected chi connectivity index (χ3v) is 1.63. The maximum Gasteiger partial charge on any atom is 0.207 e. The van der Waals surface area contributed by atoms with Gasteiger partial charge in [0.15, 0.2) is 0 Å². The van der Waals surface area contributed by atoms with E-state index < -0.39 is 0 Å². The summed E-state index contributed by atoms with van der Waals surface area (Å²) in [5.74, 6) is 0. The molecular formula is C10H17NO. The Labute approximate surface area is 74.4 Å². The second-order valence-electron chi connectivity index (χ2n) is 2.78. The van der Waals surface area contributed by atoms with Crippen LogP contribution in [0.25, 0.3) is 0 Å². The molecule has 0 aromatic carbocycles. The van der Waals surface area contributed by atoms with Crippen LogP contribution in [-0.4, -0.2) is 12.5 Å². The van der Waals surface area contributed by atoms with E-state index in [1.54, 1.807) is 6.08 Å². The lowest BCUT2D eigenvalue weighted by molar-refractivity contribution is -0.110. The van der Waals surface area contributed by atoms with Gasteiger partial charge in [0.05, 0.1) is 0 Å². The van der Waals surface area contributed by atoms with Crippen molar-refractivity contribution in [2.75, 3.05) is 0 Å². The largest absolute Gasteiger partial charge is 0.356 e. The molecule has 0 aromatic heterocycles. The zero-order chi connectivity index (χ0) is 9.23. The van der Waals surface area contributed by atoms with Crippen molar-refractivity contribution in [1.82, 2.24) is 5.32 Å². The molecule has 68 valence electrons. The first-order valence-corrected chi connectivity index (χ1v) is 4.28. The summed E-state index contributed by atoms with van der Waals surface area (Å²) < 4.78 is 0. The topological polar surface area (TPSA) is 29.1 Å². The van der Waals surface area contributed by atoms with Crippen LogP contribution in [0, 0.1) is 0 Å². The molecule has 0 aromatic rings. The number of carbonyl (C=O) groups is 1. The number of carbonyl (C=O) groups excluding carboxylic acids is 1. The van der Waals surface area contributed by atoms with Crippen LogP contribution < -0.4 is 5.32 Å². The lowest BCUT2D eigenvalue weighted by Gasteiger charge is -2.07. The molecule has 0 aliphatic heterocycles. The van der Waals surface area contributed by atoms with Gasteiger partial charge < -0.3 is 5.32 Å². The van der Waals surface area contributed by atoms with Crippen molar-refractivity contribution in [2.24, 2.45) is 0 Å². The zero-order valence-electron chi connectivity index (χ0n) is 7.62. The molecule has 1 atom stereocenters. The molecule has 2 heteroatoms. The van der Waals surface area contributed by atoms with Crippen LogP contribution >= 0.6 is 0 Å². The van der Waals surface area contributed by atoms with Crippen LogP contribution in [0.15, 0.2) is 24.8 Å². The molecule has 1 N–H and O–H groups in total. The van der Waals surface area contributed by atoms with Crippen molar-refractivity contribution in [3.8, 4) is 0 Å². The van der Waals surface area contributed by atoms with Crippen molar-refractivity contribution < 1.29 is 4.79 Å². The number of nitrogens with one attached hydrogen (secondary N) is 1. The third kappa shape index (κ3) is 7.06. The number of hydrogen-bond acceptors (Lipinski definition) is 1. The Morgan fingerprint density at radius 3 is 2.92 bits per heavy atom. The summed E-state index contributed by atoms with van der Waals surface area (Å²) in [5, 5.41) is 2.71. The number of rotatable bonds is 7. The van der Waals surface area contributed by atoms with Gasteiger partial charge in [0.1, 0.15) is 0 Å². The van der Waals surface area contributed by atoms with Crippen LogP contribution in [0.3, 0.4) is 0 Å². The van der Waals surface area contributed by atoms with E-state index in [0.717, 1.165) is 25.7 Å². The lowest BCUT2D eigenvalue weighted by atomic mass is 10.1. The van der Waals surface area contributed by atoms with E-state index >= 15 is 0 Å². The fraction of sp³-hybridized carbons (Fsp3) is 0.500. The van der Waals surface area contributed by atoms with E-state index in [9.17, 15) is 4.79 Å². The first-order valence-electron chi connectivity index (χ1n) is 4.28.